The number of fused-ring (bicyclic) bond motifs is 1. The van der Waals surface area contributed by atoms with Gasteiger partial charge in [-0.25, -0.2) is 0 Å². The van der Waals surface area contributed by atoms with Crippen molar-refractivity contribution in [2.24, 2.45) is 0 Å². The average Bonchev–Trinajstić information content (AvgIpc) is 2.84. The lowest BCUT2D eigenvalue weighted by molar-refractivity contribution is 0.490. The van der Waals surface area contributed by atoms with Gasteiger partial charge < -0.3 is 15.5 Å². The van der Waals surface area contributed by atoms with Crippen LogP contribution in [0, 0.1) is 6.92 Å². The summed E-state index contributed by atoms with van der Waals surface area (Å²) in [6, 6.07) is 11.7. The molecule has 3 rings (SSSR count). The third-order valence-corrected chi connectivity index (χ3v) is 3.08. The molecule has 0 saturated heterocycles. The lowest BCUT2D eigenvalue weighted by atomic mass is 10.1. The van der Waals surface area contributed by atoms with E-state index in [1.54, 1.807) is 6.20 Å². The highest BCUT2D eigenvalue weighted by Crippen LogP contribution is 2.27. The molecule has 0 fully saturated rings. The molecule has 0 radical (unpaired) electrons. The molecule has 96 valence electrons. The third-order valence-electron chi connectivity index (χ3n) is 3.08. The highest BCUT2D eigenvalue weighted by molar-refractivity contribution is 5.96. The number of aromatic nitrogens is 1. The number of nitrogens with two attached hydrogens (primary N) is 1. The summed E-state index contributed by atoms with van der Waals surface area (Å²) in [6.45, 7) is 2.55. The second-order valence-corrected chi connectivity index (χ2v) is 4.46. The lowest BCUT2D eigenvalue weighted by Crippen LogP contribution is -2.02. The first kappa shape index (κ1) is 11.6. The zero-order chi connectivity index (χ0) is 13.2. The van der Waals surface area contributed by atoms with Gasteiger partial charge in [-0.15, -0.1) is 0 Å². The predicted molar refractivity (Wildman–Crippen MR) is 76.9 cm³/mol. The Hall–Kier alpha value is -2.49. The number of hydrogen-bond donors (Lipinski definition) is 2. The second-order valence-electron chi connectivity index (χ2n) is 4.46. The van der Waals surface area contributed by atoms with E-state index in [0.29, 0.717) is 12.2 Å². The Morgan fingerprint density at radius 1 is 1.21 bits per heavy atom. The van der Waals surface area contributed by atoms with Gasteiger partial charge in [0.05, 0.1) is 23.4 Å². The molecule has 0 unspecified atom stereocenters. The summed E-state index contributed by atoms with van der Waals surface area (Å²) in [6.07, 6.45) is 1.76. The van der Waals surface area contributed by atoms with Crippen LogP contribution in [0.3, 0.4) is 0 Å². The molecule has 19 heavy (non-hydrogen) atoms. The van der Waals surface area contributed by atoms with Crippen molar-refractivity contribution in [3.05, 3.63) is 54.1 Å². The Morgan fingerprint density at radius 2 is 2.11 bits per heavy atom. The van der Waals surface area contributed by atoms with Gasteiger partial charge in [0.15, 0.2) is 0 Å². The van der Waals surface area contributed by atoms with Gasteiger partial charge in [-0.1, -0.05) is 0 Å². The minimum Gasteiger partial charge on any atom is -0.465 e. The quantitative estimate of drug-likeness (QED) is 0.703. The molecular formula is C15H15N3O. The third kappa shape index (κ3) is 2.25. The summed E-state index contributed by atoms with van der Waals surface area (Å²) < 4.78 is 5.52. The summed E-state index contributed by atoms with van der Waals surface area (Å²) in [5, 5.41) is 4.25. The fourth-order valence-electron chi connectivity index (χ4n) is 2.09. The molecule has 3 N–H and O–H groups in total. The fraction of sp³-hybridized carbons (Fsp3) is 0.133. The van der Waals surface area contributed by atoms with Gasteiger partial charge >= 0.3 is 0 Å². The molecule has 0 aliphatic heterocycles. The SMILES string of the molecule is Cc1ccc(CNc2ccc3ncccc3c2N)o1. The maximum atomic E-state index is 6.16. The molecule has 0 aliphatic rings. The number of furan rings is 1. The van der Waals surface area contributed by atoms with E-state index in [4.69, 9.17) is 10.2 Å². The molecule has 0 aliphatic carbocycles. The van der Waals surface area contributed by atoms with Crippen LogP contribution in [-0.4, -0.2) is 4.98 Å². The summed E-state index contributed by atoms with van der Waals surface area (Å²) in [5.41, 5.74) is 8.67. The van der Waals surface area contributed by atoms with Crippen LogP contribution < -0.4 is 11.1 Å². The van der Waals surface area contributed by atoms with Gasteiger partial charge in [0, 0.05) is 11.6 Å². The van der Waals surface area contributed by atoms with E-state index in [1.807, 2.05) is 43.3 Å². The van der Waals surface area contributed by atoms with Crippen molar-refractivity contribution < 1.29 is 4.42 Å². The van der Waals surface area contributed by atoms with Gasteiger partial charge in [0.2, 0.25) is 0 Å². The largest absolute Gasteiger partial charge is 0.465 e. The molecule has 0 saturated carbocycles. The first-order valence-corrected chi connectivity index (χ1v) is 6.16. The van der Waals surface area contributed by atoms with E-state index in [9.17, 15) is 0 Å². The van der Waals surface area contributed by atoms with E-state index in [-0.39, 0.29) is 0 Å². The maximum Gasteiger partial charge on any atom is 0.123 e. The molecule has 2 aromatic heterocycles. The highest BCUT2D eigenvalue weighted by Gasteiger charge is 2.05. The van der Waals surface area contributed by atoms with Crippen molar-refractivity contribution in [3.8, 4) is 0 Å². The van der Waals surface area contributed by atoms with Gasteiger partial charge in [0.1, 0.15) is 11.5 Å². The lowest BCUT2D eigenvalue weighted by Gasteiger charge is -2.10. The number of nitrogens with one attached hydrogen (secondary N) is 1. The van der Waals surface area contributed by atoms with Crippen molar-refractivity contribution >= 4 is 22.3 Å². The molecule has 0 spiro atoms. The standard InChI is InChI=1S/C15H15N3O/c1-10-4-5-11(19-10)9-18-14-7-6-13-12(15(14)16)3-2-8-17-13/h2-8,18H,9,16H2,1H3. The van der Waals surface area contributed by atoms with Crippen LogP contribution in [0.5, 0.6) is 0 Å². The minimum atomic E-state index is 0.615. The highest BCUT2D eigenvalue weighted by atomic mass is 16.3. The van der Waals surface area contributed by atoms with Crippen molar-refractivity contribution in [2.75, 3.05) is 11.1 Å². The molecule has 4 heteroatoms. The smallest absolute Gasteiger partial charge is 0.123 e. The molecule has 2 heterocycles. The number of hydrogen-bond acceptors (Lipinski definition) is 4. The van der Waals surface area contributed by atoms with Crippen LogP contribution in [-0.2, 0) is 6.54 Å². The van der Waals surface area contributed by atoms with Crippen molar-refractivity contribution in [2.45, 2.75) is 13.5 Å². The van der Waals surface area contributed by atoms with Crippen LogP contribution in [0.1, 0.15) is 11.5 Å². The topological polar surface area (TPSA) is 64.1 Å². The fourth-order valence-corrected chi connectivity index (χ4v) is 2.09. The number of rotatable bonds is 3. The summed E-state index contributed by atoms with van der Waals surface area (Å²) in [4.78, 5) is 4.28. The molecule has 0 amide bonds. The van der Waals surface area contributed by atoms with Gasteiger partial charge in [-0.2, -0.15) is 0 Å². The van der Waals surface area contributed by atoms with E-state index in [0.717, 1.165) is 28.1 Å². The van der Waals surface area contributed by atoms with E-state index in [1.165, 1.54) is 0 Å². The monoisotopic (exact) mass is 253 g/mol. The maximum absolute atomic E-state index is 6.16. The van der Waals surface area contributed by atoms with E-state index >= 15 is 0 Å². The van der Waals surface area contributed by atoms with E-state index in [2.05, 4.69) is 10.3 Å². The summed E-state index contributed by atoms with van der Waals surface area (Å²) in [7, 11) is 0. The molecule has 0 atom stereocenters. The van der Waals surface area contributed by atoms with Crippen molar-refractivity contribution in [1.29, 1.82) is 0 Å². The number of anilines is 2. The number of benzene rings is 1. The van der Waals surface area contributed by atoms with Crippen LogP contribution >= 0.6 is 0 Å². The van der Waals surface area contributed by atoms with Gasteiger partial charge in [0.25, 0.3) is 0 Å². The van der Waals surface area contributed by atoms with Gasteiger partial charge in [-0.05, 0) is 43.3 Å². The molecule has 1 aromatic carbocycles. The minimum absolute atomic E-state index is 0.615. The van der Waals surface area contributed by atoms with Gasteiger partial charge in [-0.3, -0.25) is 4.98 Å². The first-order valence-electron chi connectivity index (χ1n) is 6.16. The Kier molecular flexibility index (Phi) is 2.83. The summed E-state index contributed by atoms with van der Waals surface area (Å²) >= 11 is 0. The van der Waals surface area contributed by atoms with Crippen molar-refractivity contribution in [1.82, 2.24) is 4.98 Å². The Balaban J connectivity index is 1.87. The zero-order valence-corrected chi connectivity index (χ0v) is 10.7. The Bertz CT molecular complexity index is 718. The van der Waals surface area contributed by atoms with Crippen LogP contribution in [0.15, 0.2) is 47.0 Å². The normalized spacial score (nSPS) is 10.8. The molecular weight excluding hydrogens is 238 g/mol. The molecule has 3 aromatic rings. The number of pyridine rings is 1. The first-order chi connectivity index (χ1) is 9.24. The zero-order valence-electron chi connectivity index (χ0n) is 10.7. The Morgan fingerprint density at radius 3 is 2.89 bits per heavy atom. The number of nitrogen functional groups attached to an aromatic ring is 1. The number of aryl methyl sites for hydroxylation is 1. The predicted octanol–water partition coefficient (Wildman–Crippen LogP) is 3.33. The average molecular weight is 253 g/mol. The molecule has 4 nitrogen and oxygen atoms in total. The van der Waals surface area contributed by atoms with Crippen LogP contribution in [0.4, 0.5) is 11.4 Å². The van der Waals surface area contributed by atoms with Crippen LogP contribution in [0.25, 0.3) is 10.9 Å². The van der Waals surface area contributed by atoms with Crippen molar-refractivity contribution in [3.63, 3.8) is 0 Å². The number of nitrogens with zero attached hydrogens (tertiary/aromatic N) is 1. The van der Waals surface area contributed by atoms with Crippen LogP contribution in [0.2, 0.25) is 0 Å². The Labute approximate surface area is 111 Å². The summed E-state index contributed by atoms with van der Waals surface area (Å²) in [5.74, 6) is 1.80. The molecule has 0 bridgehead atoms. The second kappa shape index (κ2) is 4.65. The van der Waals surface area contributed by atoms with E-state index < -0.39 is 0 Å².